The van der Waals surface area contributed by atoms with Crippen LogP contribution >= 0.6 is 34.8 Å². The first-order chi connectivity index (χ1) is 16.4. The summed E-state index contributed by atoms with van der Waals surface area (Å²) in [6, 6.07) is 22.3. The average molecular weight is 511 g/mol. The molecule has 1 unspecified atom stereocenters. The summed E-state index contributed by atoms with van der Waals surface area (Å²) in [5.74, 6) is -0.496. The van der Waals surface area contributed by atoms with Gasteiger partial charge < -0.3 is 15.2 Å². The van der Waals surface area contributed by atoms with Crippen LogP contribution in [0.25, 0.3) is 0 Å². The van der Waals surface area contributed by atoms with Gasteiger partial charge in [0, 0.05) is 27.7 Å². The number of carbonyl (C=O) groups is 2. The molecule has 3 aromatic carbocycles. The largest absolute Gasteiger partial charge is 0.370 e. The molecule has 0 fully saturated rings. The molecule has 0 saturated carbocycles. The van der Waals surface area contributed by atoms with E-state index >= 15 is 0 Å². The molecule has 2 heterocycles. The molecule has 2 N–H and O–H groups in total. The van der Waals surface area contributed by atoms with E-state index in [0.717, 1.165) is 16.9 Å². The number of ketones is 1. The molecule has 4 aromatic rings. The first-order valence-electron chi connectivity index (χ1n) is 10.5. The maximum atomic E-state index is 13.5. The van der Waals surface area contributed by atoms with Crippen molar-refractivity contribution in [3.05, 3.63) is 116 Å². The molecule has 0 radical (unpaired) electrons. The fraction of sp³-hybridized carbons (Fsp3) is 0.0769. The summed E-state index contributed by atoms with van der Waals surface area (Å²) < 4.78 is 1.94. The summed E-state index contributed by atoms with van der Waals surface area (Å²) in [6.45, 7) is 0.575. The van der Waals surface area contributed by atoms with E-state index in [1.807, 2.05) is 34.9 Å². The minimum absolute atomic E-state index is 0.108. The first kappa shape index (κ1) is 22.5. The Balaban J connectivity index is 1.40. The number of anilines is 2. The SMILES string of the molecule is O=C(Nc1ccc(C(=O)C2Nc3ccccc3Cn3c(Cl)ccc32)cc1)c1cc(Cl)ccc1Cl. The minimum Gasteiger partial charge on any atom is -0.370 e. The van der Waals surface area contributed by atoms with Crippen molar-refractivity contribution in [1.29, 1.82) is 0 Å². The summed E-state index contributed by atoms with van der Waals surface area (Å²) in [6.07, 6.45) is 0. The van der Waals surface area contributed by atoms with Crippen LogP contribution in [0.4, 0.5) is 11.4 Å². The number of hydrogen-bond donors (Lipinski definition) is 2. The fourth-order valence-electron chi connectivity index (χ4n) is 4.03. The van der Waals surface area contributed by atoms with Crippen LogP contribution in [0, 0.1) is 0 Å². The fourth-order valence-corrected chi connectivity index (χ4v) is 4.63. The topological polar surface area (TPSA) is 63.1 Å². The summed E-state index contributed by atoms with van der Waals surface area (Å²) in [7, 11) is 0. The van der Waals surface area contributed by atoms with Crippen LogP contribution in [-0.2, 0) is 6.54 Å². The highest BCUT2D eigenvalue weighted by Crippen LogP contribution is 2.33. The van der Waals surface area contributed by atoms with Gasteiger partial charge in [-0.1, -0.05) is 53.0 Å². The van der Waals surface area contributed by atoms with Gasteiger partial charge in [-0.05, 0) is 66.2 Å². The van der Waals surface area contributed by atoms with Crippen LogP contribution in [0.2, 0.25) is 15.2 Å². The third-order valence-electron chi connectivity index (χ3n) is 5.77. The molecule has 5 nitrogen and oxygen atoms in total. The molecule has 0 spiro atoms. The van der Waals surface area contributed by atoms with E-state index in [0.29, 0.717) is 33.0 Å². The summed E-state index contributed by atoms with van der Waals surface area (Å²) in [5, 5.41) is 7.45. The molecule has 1 aromatic heterocycles. The van der Waals surface area contributed by atoms with Crippen molar-refractivity contribution in [2.24, 2.45) is 0 Å². The maximum Gasteiger partial charge on any atom is 0.257 e. The maximum absolute atomic E-state index is 13.5. The number of Topliss-reactive ketones (excluding diaryl/α,β-unsaturated/α-hetero) is 1. The lowest BCUT2D eigenvalue weighted by atomic mass is 10.0. The summed E-state index contributed by atoms with van der Waals surface area (Å²) in [5.41, 5.74) is 4.04. The standard InChI is InChI=1S/C26H18Cl3N3O2/c27-17-7-10-20(28)19(13-17)26(34)30-18-8-5-15(6-9-18)25(33)24-22-11-12-23(29)32(22)14-16-3-1-2-4-21(16)31-24/h1-13,24,31H,14H2,(H,30,34). The van der Waals surface area contributed by atoms with E-state index in [1.165, 1.54) is 6.07 Å². The predicted octanol–water partition coefficient (Wildman–Crippen LogP) is 7.10. The minimum atomic E-state index is -0.609. The number of benzene rings is 3. The van der Waals surface area contributed by atoms with Gasteiger partial charge >= 0.3 is 0 Å². The van der Waals surface area contributed by atoms with Gasteiger partial charge in [-0.25, -0.2) is 0 Å². The van der Waals surface area contributed by atoms with Crippen molar-refractivity contribution in [2.75, 3.05) is 10.6 Å². The highest BCUT2D eigenvalue weighted by Gasteiger charge is 2.29. The molecule has 1 amide bonds. The number of aromatic nitrogens is 1. The third kappa shape index (κ3) is 4.30. The van der Waals surface area contributed by atoms with Crippen LogP contribution < -0.4 is 10.6 Å². The van der Waals surface area contributed by atoms with Gasteiger partial charge in [0.2, 0.25) is 0 Å². The zero-order valence-electron chi connectivity index (χ0n) is 17.7. The smallest absolute Gasteiger partial charge is 0.257 e. The third-order valence-corrected chi connectivity index (χ3v) is 6.66. The quantitative estimate of drug-likeness (QED) is 0.288. The van der Waals surface area contributed by atoms with Crippen LogP contribution in [0.15, 0.2) is 78.9 Å². The lowest BCUT2D eigenvalue weighted by Gasteiger charge is -2.18. The van der Waals surface area contributed by atoms with Crippen molar-refractivity contribution in [3.8, 4) is 0 Å². The van der Waals surface area contributed by atoms with E-state index in [-0.39, 0.29) is 17.3 Å². The van der Waals surface area contributed by atoms with Gasteiger partial charge in [0.1, 0.15) is 11.2 Å². The Morgan fingerprint density at radius 1 is 0.912 bits per heavy atom. The Morgan fingerprint density at radius 3 is 2.47 bits per heavy atom. The Labute approximate surface area is 211 Å². The molecule has 1 atom stereocenters. The van der Waals surface area contributed by atoms with Gasteiger partial charge in [-0.3, -0.25) is 9.59 Å². The molecule has 0 aliphatic carbocycles. The molecular formula is C26H18Cl3N3O2. The Kier molecular flexibility index (Phi) is 6.09. The van der Waals surface area contributed by atoms with E-state index < -0.39 is 6.04 Å². The summed E-state index contributed by atoms with van der Waals surface area (Å²) in [4.78, 5) is 26.1. The van der Waals surface area contributed by atoms with E-state index in [2.05, 4.69) is 10.6 Å². The number of para-hydroxylation sites is 1. The lowest BCUT2D eigenvalue weighted by Crippen LogP contribution is -2.22. The van der Waals surface area contributed by atoms with Crippen LogP contribution in [0.1, 0.15) is 38.0 Å². The van der Waals surface area contributed by atoms with E-state index in [1.54, 1.807) is 42.5 Å². The number of rotatable bonds is 4. The lowest BCUT2D eigenvalue weighted by molar-refractivity contribution is 0.0966. The molecule has 170 valence electrons. The van der Waals surface area contributed by atoms with Crippen molar-refractivity contribution in [1.82, 2.24) is 4.57 Å². The van der Waals surface area contributed by atoms with E-state index in [9.17, 15) is 9.59 Å². The van der Waals surface area contributed by atoms with Gasteiger partial charge in [0.25, 0.3) is 5.91 Å². The highest BCUT2D eigenvalue weighted by atomic mass is 35.5. The monoisotopic (exact) mass is 509 g/mol. The van der Waals surface area contributed by atoms with E-state index in [4.69, 9.17) is 34.8 Å². The Hall–Kier alpha value is -3.25. The number of nitrogens with zero attached hydrogens (tertiary/aromatic N) is 1. The number of carbonyl (C=O) groups excluding carboxylic acids is 2. The first-order valence-corrected chi connectivity index (χ1v) is 11.6. The number of amides is 1. The second-order valence-electron chi connectivity index (χ2n) is 7.92. The second-order valence-corrected chi connectivity index (χ2v) is 9.15. The average Bonchev–Trinajstić information content (AvgIpc) is 3.10. The summed E-state index contributed by atoms with van der Waals surface area (Å²) >= 11 is 18.5. The number of nitrogens with one attached hydrogen (secondary N) is 2. The van der Waals surface area contributed by atoms with Crippen LogP contribution in [0.3, 0.4) is 0 Å². The van der Waals surface area contributed by atoms with Crippen LogP contribution in [0.5, 0.6) is 0 Å². The zero-order valence-corrected chi connectivity index (χ0v) is 20.0. The molecule has 8 heteroatoms. The molecule has 0 saturated heterocycles. The van der Waals surface area contributed by atoms with Crippen molar-refractivity contribution in [3.63, 3.8) is 0 Å². The molecule has 5 rings (SSSR count). The molecule has 34 heavy (non-hydrogen) atoms. The molecular weight excluding hydrogens is 493 g/mol. The van der Waals surface area contributed by atoms with Crippen molar-refractivity contribution < 1.29 is 9.59 Å². The zero-order chi connectivity index (χ0) is 23.8. The number of halogens is 3. The highest BCUT2D eigenvalue weighted by molar-refractivity contribution is 6.36. The van der Waals surface area contributed by atoms with Crippen molar-refractivity contribution in [2.45, 2.75) is 12.6 Å². The molecule has 1 aliphatic heterocycles. The van der Waals surface area contributed by atoms with Gasteiger partial charge in [-0.15, -0.1) is 0 Å². The van der Waals surface area contributed by atoms with Crippen molar-refractivity contribution >= 4 is 57.9 Å². The predicted molar refractivity (Wildman–Crippen MR) is 137 cm³/mol. The Morgan fingerprint density at radius 2 is 1.68 bits per heavy atom. The Bertz CT molecular complexity index is 1410. The van der Waals surface area contributed by atoms with Gasteiger partial charge in [-0.2, -0.15) is 0 Å². The van der Waals surface area contributed by atoms with Crippen LogP contribution in [-0.4, -0.2) is 16.3 Å². The molecule has 1 aliphatic rings. The van der Waals surface area contributed by atoms with Gasteiger partial charge in [0.05, 0.1) is 17.1 Å². The number of fused-ring (bicyclic) bond motifs is 2. The van der Waals surface area contributed by atoms with Gasteiger partial charge in [0.15, 0.2) is 5.78 Å². The second kappa shape index (κ2) is 9.18. The molecule has 0 bridgehead atoms. The number of hydrogen-bond acceptors (Lipinski definition) is 3. The normalized spacial score (nSPS) is 14.4.